The van der Waals surface area contributed by atoms with Crippen molar-refractivity contribution in [3.8, 4) is 0 Å². The Kier molecular flexibility index (Phi) is 16.6. The molecule has 0 aromatic heterocycles. The smallest absolute Gasteiger partial charge is 0.309 e. The SMILES string of the molecule is CCCCCOC(=O)C1CCC(CCCC(C)CCCC(C)C)CC1C(=O)OCCCCC. The molecule has 0 bridgehead atoms. The van der Waals surface area contributed by atoms with Crippen molar-refractivity contribution in [2.75, 3.05) is 13.2 Å². The lowest BCUT2D eigenvalue weighted by atomic mass is 9.72. The molecule has 1 aliphatic carbocycles. The molecule has 0 aliphatic heterocycles. The van der Waals surface area contributed by atoms with Crippen LogP contribution in [0.15, 0.2) is 0 Å². The molecule has 0 saturated heterocycles. The summed E-state index contributed by atoms with van der Waals surface area (Å²) in [6.45, 7) is 12.2. The van der Waals surface area contributed by atoms with Crippen molar-refractivity contribution in [3.63, 3.8) is 0 Å². The molecule has 4 nitrogen and oxygen atoms in total. The van der Waals surface area contributed by atoms with Crippen molar-refractivity contribution in [1.82, 2.24) is 0 Å². The van der Waals surface area contributed by atoms with Gasteiger partial charge in [0.15, 0.2) is 0 Å². The van der Waals surface area contributed by atoms with Crippen LogP contribution in [-0.4, -0.2) is 25.2 Å². The van der Waals surface area contributed by atoms with Gasteiger partial charge in [-0.15, -0.1) is 0 Å². The van der Waals surface area contributed by atoms with Gasteiger partial charge in [0, 0.05) is 0 Å². The van der Waals surface area contributed by atoms with Gasteiger partial charge in [-0.05, 0) is 49.9 Å². The van der Waals surface area contributed by atoms with Crippen molar-refractivity contribution >= 4 is 11.9 Å². The average molecular weight is 467 g/mol. The van der Waals surface area contributed by atoms with E-state index in [1.165, 1.54) is 32.1 Å². The molecule has 1 rings (SSSR count). The molecule has 1 fully saturated rings. The van der Waals surface area contributed by atoms with Crippen molar-refractivity contribution in [3.05, 3.63) is 0 Å². The molecule has 0 radical (unpaired) electrons. The van der Waals surface area contributed by atoms with Crippen LogP contribution in [0.2, 0.25) is 0 Å². The summed E-state index contributed by atoms with van der Waals surface area (Å²) >= 11 is 0. The summed E-state index contributed by atoms with van der Waals surface area (Å²) in [5, 5.41) is 0. The fourth-order valence-electron chi connectivity index (χ4n) is 5.10. The Morgan fingerprint density at radius 3 is 1.88 bits per heavy atom. The zero-order valence-corrected chi connectivity index (χ0v) is 22.5. The second-order valence-corrected chi connectivity index (χ2v) is 11.0. The molecule has 0 N–H and O–H groups in total. The first kappa shape index (κ1) is 30.0. The molecule has 4 unspecified atom stereocenters. The number of hydrogen-bond acceptors (Lipinski definition) is 4. The second-order valence-electron chi connectivity index (χ2n) is 11.0. The van der Waals surface area contributed by atoms with Crippen LogP contribution in [0.1, 0.15) is 131 Å². The van der Waals surface area contributed by atoms with Gasteiger partial charge in [-0.3, -0.25) is 9.59 Å². The summed E-state index contributed by atoms with van der Waals surface area (Å²) in [5.74, 6) is 1.09. The predicted molar refractivity (Wildman–Crippen MR) is 137 cm³/mol. The lowest BCUT2D eigenvalue weighted by Gasteiger charge is -2.33. The van der Waals surface area contributed by atoms with Crippen LogP contribution in [0.3, 0.4) is 0 Å². The summed E-state index contributed by atoms with van der Waals surface area (Å²) in [6.07, 6.45) is 16.3. The number of ether oxygens (including phenoxy) is 2. The van der Waals surface area contributed by atoms with Gasteiger partial charge in [-0.1, -0.05) is 98.8 Å². The zero-order valence-electron chi connectivity index (χ0n) is 22.5. The second kappa shape index (κ2) is 18.3. The van der Waals surface area contributed by atoms with E-state index >= 15 is 0 Å². The lowest BCUT2D eigenvalue weighted by Crippen LogP contribution is -2.38. The largest absolute Gasteiger partial charge is 0.465 e. The highest BCUT2D eigenvalue weighted by Gasteiger charge is 2.41. The van der Waals surface area contributed by atoms with E-state index in [-0.39, 0.29) is 23.8 Å². The minimum Gasteiger partial charge on any atom is -0.465 e. The maximum absolute atomic E-state index is 12.9. The molecule has 0 heterocycles. The summed E-state index contributed by atoms with van der Waals surface area (Å²) in [6, 6.07) is 0. The highest BCUT2D eigenvalue weighted by Crippen LogP contribution is 2.38. The van der Waals surface area contributed by atoms with E-state index in [0.29, 0.717) is 19.1 Å². The van der Waals surface area contributed by atoms with E-state index in [1.54, 1.807) is 0 Å². The van der Waals surface area contributed by atoms with Crippen LogP contribution in [0.5, 0.6) is 0 Å². The van der Waals surface area contributed by atoms with Crippen molar-refractivity contribution < 1.29 is 19.1 Å². The molecule has 194 valence electrons. The Bertz CT molecular complexity index is 516. The van der Waals surface area contributed by atoms with E-state index in [0.717, 1.165) is 76.0 Å². The molecule has 4 heteroatoms. The number of rotatable bonds is 18. The predicted octanol–water partition coefficient (Wildman–Crippen LogP) is 8.12. The number of carbonyl (C=O) groups excluding carboxylic acids is 2. The molecular weight excluding hydrogens is 412 g/mol. The normalized spacial score (nSPS) is 21.7. The molecule has 0 spiro atoms. The highest BCUT2D eigenvalue weighted by molar-refractivity contribution is 5.82. The lowest BCUT2D eigenvalue weighted by molar-refractivity contribution is -0.164. The van der Waals surface area contributed by atoms with E-state index in [1.807, 2.05) is 0 Å². The van der Waals surface area contributed by atoms with E-state index in [2.05, 4.69) is 34.6 Å². The Labute approximate surface area is 205 Å². The molecule has 1 aliphatic rings. The first-order valence-corrected chi connectivity index (χ1v) is 14.2. The van der Waals surface area contributed by atoms with Gasteiger partial charge < -0.3 is 9.47 Å². The third kappa shape index (κ3) is 13.4. The summed E-state index contributed by atoms with van der Waals surface area (Å²) < 4.78 is 11.2. The Balaban J connectivity index is 2.54. The van der Waals surface area contributed by atoms with Gasteiger partial charge in [0.25, 0.3) is 0 Å². The maximum atomic E-state index is 12.9. The van der Waals surface area contributed by atoms with Gasteiger partial charge in [-0.2, -0.15) is 0 Å². The number of esters is 2. The Hall–Kier alpha value is -1.06. The molecule has 4 atom stereocenters. The Morgan fingerprint density at radius 1 is 0.727 bits per heavy atom. The molecule has 0 amide bonds. The average Bonchev–Trinajstić information content (AvgIpc) is 2.79. The quantitative estimate of drug-likeness (QED) is 0.151. The monoisotopic (exact) mass is 466 g/mol. The summed E-state index contributed by atoms with van der Waals surface area (Å²) in [5.41, 5.74) is 0. The first-order valence-electron chi connectivity index (χ1n) is 14.2. The van der Waals surface area contributed by atoms with Gasteiger partial charge in [0.1, 0.15) is 0 Å². The van der Waals surface area contributed by atoms with Crippen LogP contribution < -0.4 is 0 Å². The first-order chi connectivity index (χ1) is 15.9. The number of hydrogen-bond donors (Lipinski definition) is 0. The fraction of sp³-hybridized carbons (Fsp3) is 0.931. The molecule has 1 saturated carbocycles. The minimum absolute atomic E-state index is 0.173. The molecule has 0 aromatic rings. The molecule has 33 heavy (non-hydrogen) atoms. The zero-order chi connectivity index (χ0) is 24.5. The van der Waals surface area contributed by atoms with Crippen LogP contribution >= 0.6 is 0 Å². The van der Waals surface area contributed by atoms with Crippen molar-refractivity contribution in [2.45, 2.75) is 131 Å². The van der Waals surface area contributed by atoms with Crippen LogP contribution in [0.4, 0.5) is 0 Å². The van der Waals surface area contributed by atoms with Crippen molar-refractivity contribution in [2.24, 2.45) is 29.6 Å². The highest BCUT2D eigenvalue weighted by atomic mass is 16.5. The van der Waals surface area contributed by atoms with Gasteiger partial charge in [-0.25, -0.2) is 0 Å². The third-order valence-corrected chi connectivity index (χ3v) is 7.34. The minimum atomic E-state index is -0.326. The summed E-state index contributed by atoms with van der Waals surface area (Å²) in [4.78, 5) is 25.7. The van der Waals surface area contributed by atoms with E-state index < -0.39 is 0 Å². The van der Waals surface area contributed by atoms with E-state index in [9.17, 15) is 9.59 Å². The van der Waals surface area contributed by atoms with E-state index in [4.69, 9.17) is 9.47 Å². The molecule has 0 aromatic carbocycles. The number of unbranched alkanes of at least 4 members (excludes halogenated alkanes) is 4. The van der Waals surface area contributed by atoms with Gasteiger partial charge in [0.2, 0.25) is 0 Å². The van der Waals surface area contributed by atoms with Crippen LogP contribution in [0.25, 0.3) is 0 Å². The topological polar surface area (TPSA) is 52.6 Å². The maximum Gasteiger partial charge on any atom is 0.309 e. The molecular formula is C29H54O4. The van der Waals surface area contributed by atoms with Crippen molar-refractivity contribution in [1.29, 1.82) is 0 Å². The van der Waals surface area contributed by atoms with Crippen LogP contribution in [0, 0.1) is 29.6 Å². The standard InChI is InChI=1S/C29H54O4/c1-6-8-10-20-32-28(30)26-19-18-25(17-13-16-24(5)15-12-14-23(3)4)22-27(26)29(31)33-21-11-9-7-2/h23-27H,6-22H2,1-5H3. The van der Waals surface area contributed by atoms with Crippen LogP contribution in [-0.2, 0) is 19.1 Å². The number of carbonyl (C=O) groups is 2. The third-order valence-electron chi connectivity index (χ3n) is 7.34. The fourth-order valence-corrected chi connectivity index (χ4v) is 5.10. The summed E-state index contributed by atoms with van der Waals surface area (Å²) in [7, 11) is 0. The van der Waals surface area contributed by atoms with Gasteiger partial charge >= 0.3 is 11.9 Å². The Morgan fingerprint density at radius 2 is 1.30 bits per heavy atom. The van der Waals surface area contributed by atoms with Gasteiger partial charge in [0.05, 0.1) is 25.0 Å².